The van der Waals surface area contributed by atoms with E-state index in [9.17, 15) is 0 Å². The fraction of sp³-hybridized carbons (Fsp3) is 0. The highest BCUT2D eigenvalue weighted by molar-refractivity contribution is 7.93. The first-order valence-corrected chi connectivity index (χ1v) is 12.2. The van der Waals surface area contributed by atoms with Crippen LogP contribution in [-0.4, -0.2) is 6.30 Å². The minimum absolute atomic E-state index is 1.26. The van der Waals surface area contributed by atoms with Gasteiger partial charge in [-0.2, -0.15) is 0 Å². The summed E-state index contributed by atoms with van der Waals surface area (Å²) >= 11 is 0. The largest absolute Gasteiger partial charge is 0.0887 e. The van der Waals surface area contributed by atoms with Crippen molar-refractivity contribution in [1.29, 1.82) is 0 Å². The minimum atomic E-state index is -2.06. The Hall–Kier alpha value is -3.34. The fourth-order valence-electron chi connectivity index (χ4n) is 4.29. The second-order valence-electron chi connectivity index (χ2n) is 7.52. The fourth-order valence-corrected chi connectivity index (χ4v) is 7.45. The lowest BCUT2D eigenvalue weighted by Gasteiger charge is -2.29. The molecular formula is C29H23P. The molecule has 30 heavy (non-hydrogen) atoms. The molecule has 0 spiro atoms. The Balaban J connectivity index is 1.85. The molecule has 0 N–H and O–H groups in total. The van der Waals surface area contributed by atoms with Gasteiger partial charge in [0.25, 0.3) is 0 Å². The van der Waals surface area contributed by atoms with E-state index in [1.165, 1.54) is 37.8 Å². The summed E-state index contributed by atoms with van der Waals surface area (Å²) in [5.74, 6) is 0. The molecule has 0 radical (unpaired) electrons. The van der Waals surface area contributed by atoms with Crippen LogP contribution in [0.4, 0.5) is 0 Å². The van der Waals surface area contributed by atoms with E-state index < -0.39 is 6.89 Å². The van der Waals surface area contributed by atoms with Crippen LogP contribution in [0.5, 0.6) is 0 Å². The summed E-state index contributed by atoms with van der Waals surface area (Å²) in [6.45, 7) is -2.06. The summed E-state index contributed by atoms with van der Waals surface area (Å²) in [4.78, 5) is 0. The van der Waals surface area contributed by atoms with Crippen LogP contribution < -0.4 is 15.9 Å². The summed E-state index contributed by atoms with van der Waals surface area (Å²) in [7, 11) is 0. The molecule has 0 aliphatic carbocycles. The molecule has 5 aromatic carbocycles. The molecule has 0 aliphatic heterocycles. The van der Waals surface area contributed by atoms with Gasteiger partial charge in [-0.3, -0.25) is 0 Å². The third kappa shape index (κ3) is 3.11. The van der Waals surface area contributed by atoms with Gasteiger partial charge in [0.15, 0.2) is 0 Å². The van der Waals surface area contributed by atoms with E-state index >= 15 is 0 Å². The lowest BCUT2D eigenvalue weighted by Crippen LogP contribution is -2.26. The van der Waals surface area contributed by atoms with Crippen molar-refractivity contribution in [3.05, 3.63) is 127 Å². The molecule has 5 aromatic rings. The number of rotatable bonds is 4. The van der Waals surface area contributed by atoms with E-state index in [1.54, 1.807) is 0 Å². The van der Waals surface area contributed by atoms with Crippen molar-refractivity contribution in [2.75, 3.05) is 0 Å². The van der Waals surface area contributed by atoms with Crippen LogP contribution in [0.3, 0.4) is 0 Å². The van der Waals surface area contributed by atoms with Crippen molar-refractivity contribution >= 4 is 39.9 Å². The van der Waals surface area contributed by atoms with Crippen molar-refractivity contribution in [3.63, 3.8) is 0 Å². The Morgan fingerprint density at radius 2 is 0.933 bits per heavy atom. The lowest BCUT2D eigenvalue weighted by atomic mass is 9.98. The molecule has 0 unspecified atom stereocenters. The molecule has 0 amide bonds. The van der Waals surface area contributed by atoms with Gasteiger partial charge in [0, 0.05) is 0 Å². The summed E-state index contributed by atoms with van der Waals surface area (Å²) in [5, 5.41) is 6.45. The Bertz CT molecular complexity index is 1300. The first-order valence-electron chi connectivity index (χ1n) is 10.2. The lowest BCUT2D eigenvalue weighted by molar-refractivity contribution is 1.68. The number of hydrogen-bond acceptors (Lipinski definition) is 0. The van der Waals surface area contributed by atoms with Gasteiger partial charge in [-0.25, -0.2) is 0 Å². The first kappa shape index (κ1) is 18.7. The predicted octanol–water partition coefficient (Wildman–Crippen LogP) is 6.23. The quantitative estimate of drug-likeness (QED) is 0.313. The third-order valence-corrected chi connectivity index (χ3v) is 9.36. The Labute approximate surface area is 178 Å². The van der Waals surface area contributed by atoms with Gasteiger partial charge in [-0.1, -0.05) is 134 Å². The topological polar surface area (TPSA) is 0 Å². The second kappa shape index (κ2) is 7.82. The van der Waals surface area contributed by atoms with Gasteiger partial charge >= 0.3 is 0 Å². The zero-order chi connectivity index (χ0) is 20.4. The summed E-state index contributed by atoms with van der Waals surface area (Å²) < 4.78 is 0. The number of benzene rings is 5. The smallest absolute Gasteiger partial charge is 0.00871 e. The molecule has 0 fully saturated rings. The Morgan fingerprint density at radius 3 is 1.63 bits per heavy atom. The molecule has 0 aliphatic rings. The Kier molecular flexibility index (Phi) is 4.87. The molecule has 5 rings (SSSR count). The monoisotopic (exact) mass is 402 g/mol. The highest BCUT2D eigenvalue weighted by atomic mass is 31.2. The molecule has 0 saturated heterocycles. The van der Waals surface area contributed by atoms with Crippen molar-refractivity contribution in [2.24, 2.45) is 0 Å². The van der Waals surface area contributed by atoms with Crippen LogP contribution in [-0.2, 0) is 0 Å². The van der Waals surface area contributed by atoms with E-state index in [-0.39, 0.29) is 0 Å². The average Bonchev–Trinajstić information content (AvgIpc) is 2.84. The van der Waals surface area contributed by atoms with Crippen molar-refractivity contribution in [1.82, 2.24) is 0 Å². The van der Waals surface area contributed by atoms with E-state index in [0.29, 0.717) is 0 Å². The molecule has 0 atom stereocenters. The summed E-state index contributed by atoms with van der Waals surface area (Å²) in [6.07, 6.45) is 4.96. The van der Waals surface area contributed by atoms with Gasteiger partial charge in [0.1, 0.15) is 0 Å². The highest BCUT2D eigenvalue weighted by Crippen LogP contribution is 2.45. The van der Waals surface area contributed by atoms with Crippen molar-refractivity contribution in [3.8, 4) is 11.1 Å². The van der Waals surface area contributed by atoms with Crippen molar-refractivity contribution < 1.29 is 0 Å². The van der Waals surface area contributed by atoms with Crippen LogP contribution in [0.15, 0.2) is 127 Å². The molecule has 0 heterocycles. The third-order valence-electron chi connectivity index (χ3n) is 5.79. The van der Waals surface area contributed by atoms with Gasteiger partial charge in [0.05, 0.1) is 0 Å². The van der Waals surface area contributed by atoms with Crippen LogP contribution in [0.1, 0.15) is 0 Å². The zero-order valence-corrected chi connectivity index (χ0v) is 17.7. The molecule has 0 saturated carbocycles. The van der Waals surface area contributed by atoms with E-state index in [2.05, 4.69) is 127 Å². The van der Waals surface area contributed by atoms with Gasteiger partial charge < -0.3 is 0 Å². The zero-order valence-electron chi connectivity index (χ0n) is 16.8. The predicted molar refractivity (Wildman–Crippen MR) is 135 cm³/mol. The summed E-state index contributed by atoms with van der Waals surface area (Å²) in [6, 6.07) is 45.6. The van der Waals surface area contributed by atoms with Crippen LogP contribution in [0.2, 0.25) is 0 Å². The van der Waals surface area contributed by atoms with E-state index in [4.69, 9.17) is 6.30 Å². The van der Waals surface area contributed by atoms with Crippen molar-refractivity contribution in [2.45, 2.75) is 0 Å². The van der Waals surface area contributed by atoms with Crippen LogP contribution >= 0.6 is 6.89 Å². The molecule has 0 bridgehead atoms. The molecular weight excluding hydrogens is 379 g/mol. The maximum atomic E-state index is 4.96. The van der Waals surface area contributed by atoms with E-state index in [0.717, 1.165) is 0 Å². The maximum absolute atomic E-state index is 4.96. The second-order valence-corrected chi connectivity index (χ2v) is 10.7. The number of fused-ring (bicyclic) bond motifs is 1. The van der Waals surface area contributed by atoms with Crippen LogP contribution in [0.25, 0.3) is 21.9 Å². The van der Waals surface area contributed by atoms with Gasteiger partial charge in [0.2, 0.25) is 0 Å². The van der Waals surface area contributed by atoms with Gasteiger partial charge in [-0.15, -0.1) is 0 Å². The van der Waals surface area contributed by atoms with E-state index in [1.807, 2.05) is 0 Å². The molecule has 1 heteroatoms. The molecule has 144 valence electrons. The first-order chi connectivity index (χ1) is 14.8. The standard InChI is InChI=1S/C29H23P/c1-30(24-15-4-2-5-16-24,25-17-6-3-7-18-25)29-22-11-10-20-28(29)27-21-12-14-23-13-8-9-19-26(23)27/h2-22H,1H2. The minimum Gasteiger partial charge on any atom is -0.0887 e. The highest BCUT2D eigenvalue weighted by Gasteiger charge is 2.25. The number of hydrogen-bond donors (Lipinski definition) is 0. The molecule has 0 aromatic heterocycles. The normalized spacial score (nSPS) is 11.5. The van der Waals surface area contributed by atoms with Gasteiger partial charge in [-0.05, 0) is 44.7 Å². The summed E-state index contributed by atoms with van der Waals surface area (Å²) in [5.41, 5.74) is 2.54. The molecule has 0 nitrogen and oxygen atoms in total. The Morgan fingerprint density at radius 1 is 0.433 bits per heavy atom. The SMILES string of the molecule is C=P(c1ccccc1)(c1ccccc1)c1ccccc1-c1cccc2ccccc12. The average molecular weight is 402 g/mol. The maximum Gasteiger partial charge on any atom is -0.00871 e. The van der Waals surface area contributed by atoms with Crippen LogP contribution in [0, 0.1) is 0 Å².